The van der Waals surface area contributed by atoms with Crippen molar-refractivity contribution in [3.05, 3.63) is 47.3 Å². The van der Waals surface area contributed by atoms with E-state index in [2.05, 4.69) is 0 Å². The van der Waals surface area contributed by atoms with Crippen molar-refractivity contribution in [2.45, 2.75) is 40.2 Å². The normalized spacial score (nSPS) is 15.9. The third-order valence-electron chi connectivity index (χ3n) is 4.21. The third kappa shape index (κ3) is 3.54. The van der Waals surface area contributed by atoms with Gasteiger partial charge in [-0.1, -0.05) is 13.5 Å². The van der Waals surface area contributed by atoms with Gasteiger partial charge in [0.15, 0.2) is 0 Å². The second-order valence-corrected chi connectivity index (χ2v) is 5.87. The fraction of sp³-hybridized carbons (Fsp3) is 0.400. The average Bonchev–Trinajstić information content (AvgIpc) is 2.54. The maximum Gasteiger partial charge on any atom is 0.131 e. The molecular weight excluding hydrogens is 305 g/mol. The number of halogens is 1. The largest absolute Gasteiger partial charge is 0.494 e. The Morgan fingerprint density at radius 1 is 1.25 bits per heavy atom. The SMILES string of the molecule is C.CCOc1ccc(-c2cc(F)cc3c2O[C@@H](CN)CC3)c(C)c1. The van der Waals surface area contributed by atoms with Crippen LogP contribution in [-0.2, 0) is 6.42 Å². The highest BCUT2D eigenvalue weighted by Gasteiger charge is 2.23. The van der Waals surface area contributed by atoms with Gasteiger partial charge < -0.3 is 15.2 Å². The molecule has 4 heteroatoms. The second-order valence-electron chi connectivity index (χ2n) is 5.87. The van der Waals surface area contributed by atoms with Gasteiger partial charge in [-0.3, -0.25) is 0 Å². The van der Waals surface area contributed by atoms with Crippen LogP contribution >= 0.6 is 0 Å². The van der Waals surface area contributed by atoms with Gasteiger partial charge in [-0.15, -0.1) is 0 Å². The fourth-order valence-corrected chi connectivity index (χ4v) is 3.08. The van der Waals surface area contributed by atoms with Crippen molar-refractivity contribution in [2.75, 3.05) is 13.2 Å². The van der Waals surface area contributed by atoms with Crippen molar-refractivity contribution in [1.82, 2.24) is 0 Å². The highest BCUT2D eigenvalue weighted by Crippen LogP contribution is 2.40. The molecular formula is C20H26FNO2. The van der Waals surface area contributed by atoms with E-state index < -0.39 is 0 Å². The van der Waals surface area contributed by atoms with E-state index >= 15 is 0 Å². The lowest BCUT2D eigenvalue weighted by atomic mass is 9.93. The number of rotatable bonds is 4. The number of aryl methyl sites for hydroxylation is 2. The van der Waals surface area contributed by atoms with Crippen LogP contribution in [0.2, 0.25) is 0 Å². The molecule has 3 nitrogen and oxygen atoms in total. The molecule has 0 saturated carbocycles. The molecule has 3 rings (SSSR count). The summed E-state index contributed by atoms with van der Waals surface area (Å²) in [6.45, 7) is 5.04. The van der Waals surface area contributed by atoms with E-state index in [0.717, 1.165) is 46.6 Å². The average molecular weight is 331 g/mol. The van der Waals surface area contributed by atoms with E-state index in [-0.39, 0.29) is 19.3 Å². The summed E-state index contributed by atoms with van der Waals surface area (Å²) in [5, 5.41) is 0. The maximum absolute atomic E-state index is 14.0. The molecule has 1 aliphatic heterocycles. The summed E-state index contributed by atoms with van der Waals surface area (Å²) < 4.78 is 25.6. The molecule has 0 aliphatic carbocycles. The van der Waals surface area contributed by atoms with Crippen LogP contribution < -0.4 is 15.2 Å². The van der Waals surface area contributed by atoms with Gasteiger partial charge in [0.05, 0.1) is 6.61 Å². The predicted octanol–water partition coefficient (Wildman–Crippen LogP) is 4.49. The van der Waals surface area contributed by atoms with Crippen LogP contribution in [0.1, 0.15) is 31.9 Å². The number of hydrogen-bond donors (Lipinski definition) is 1. The zero-order valence-electron chi connectivity index (χ0n) is 13.6. The second kappa shape index (κ2) is 7.67. The number of fused-ring (bicyclic) bond motifs is 1. The summed E-state index contributed by atoms with van der Waals surface area (Å²) in [6, 6.07) is 8.95. The van der Waals surface area contributed by atoms with E-state index in [1.165, 1.54) is 0 Å². The van der Waals surface area contributed by atoms with Gasteiger partial charge >= 0.3 is 0 Å². The standard InChI is InChI=1S/C19H22FNO2.CH4/c1-3-22-15-6-7-17(12(2)8-15)18-10-14(20)9-13-4-5-16(11-21)23-19(13)18;/h6-10,16H,3-5,11,21H2,1-2H3;1H4/t16-;/m1./s1. The first-order valence-corrected chi connectivity index (χ1v) is 8.05. The molecule has 2 aromatic carbocycles. The molecule has 2 aromatic rings. The van der Waals surface area contributed by atoms with Crippen molar-refractivity contribution < 1.29 is 13.9 Å². The fourth-order valence-electron chi connectivity index (χ4n) is 3.08. The number of hydrogen-bond acceptors (Lipinski definition) is 3. The third-order valence-corrected chi connectivity index (χ3v) is 4.21. The highest BCUT2D eigenvalue weighted by atomic mass is 19.1. The van der Waals surface area contributed by atoms with Crippen LogP contribution in [-0.4, -0.2) is 19.3 Å². The Labute approximate surface area is 143 Å². The zero-order valence-corrected chi connectivity index (χ0v) is 13.6. The molecule has 0 saturated heterocycles. The number of ether oxygens (including phenoxy) is 2. The smallest absolute Gasteiger partial charge is 0.131 e. The topological polar surface area (TPSA) is 44.5 Å². The van der Waals surface area contributed by atoms with Gasteiger partial charge in [0, 0.05) is 12.1 Å². The van der Waals surface area contributed by atoms with Crippen molar-refractivity contribution >= 4 is 0 Å². The van der Waals surface area contributed by atoms with E-state index in [4.69, 9.17) is 15.2 Å². The Balaban J connectivity index is 0.00000208. The lowest BCUT2D eigenvalue weighted by Gasteiger charge is -2.27. The van der Waals surface area contributed by atoms with Crippen molar-refractivity contribution in [1.29, 1.82) is 0 Å². The molecule has 1 heterocycles. The molecule has 0 unspecified atom stereocenters. The van der Waals surface area contributed by atoms with Gasteiger partial charge in [0.1, 0.15) is 23.4 Å². The summed E-state index contributed by atoms with van der Waals surface area (Å²) >= 11 is 0. The summed E-state index contributed by atoms with van der Waals surface area (Å²) in [5.74, 6) is 1.35. The van der Waals surface area contributed by atoms with E-state index in [1.54, 1.807) is 12.1 Å². The van der Waals surface area contributed by atoms with Crippen molar-refractivity contribution in [3.63, 3.8) is 0 Å². The molecule has 0 aromatic heterocycles. The molecule has 130 valence electrons. The summed E-state index contributed by atoms with van der Waals surface area (Å²) in [6.07, 6.45) is 1.61. The first-order valence-electron chi connectivity index (χ1n) is 8.05. The van der Waals surface area contributed by atoms with Crippen molar-refractivity contribution in [2.24, 2.45) is 5.73 Å². The lowest BCUT2D eigenvalue weighted by Crippen LogP contribution is -2.30. The maximum atomic E-state index is 14.0. The molecule has 1 aliphatic rings. The van der Waals surface area contributed by atoms with E-state index in [9.17, 15) is 4.39 Å². The lowest BCUT2D eigenvalue weighted by molar-refractivity contribution is 0.182. The summed E-state index contributed by atoms with van der Waals surface area (Å²) in [5.41, 5.74) is 9.44. The van der Waals surface area contributed by atoms with E-state index in [0.29, 0.717) is 13.2 Å². The Morgan fingerprint density at radius 2 is 2.04 bits per heavy atom. The Hall–Kier alpha value is -2.07. The van der Waals surface area contributed by atoms with Gasteiger partial charge in [-0.05, 0) is 67.6 Å². The van der Waals surface area contributed by atoms with Gasteiger partial charge in [0.2, 0.25) is 0 Å². The molecule has 24 heavy (non-hydrogen) atoms. The summed E-state index contributed by atoms with van der Waals surface area (Å²) in [4.78, 5) is 0. The van der Waals surface area contributed by atoms with Crippen LogP contribution in [0.3, 0.4) is 0 Å². The minimum absolute atomic E-state index is 0. The predicted molar refractivity (Wildman–Crippen MR) is 96.3 cm³/mol. The molecule has 1 atom stereocenters. The molecule has 0 spiro atoms. The van der Waals surface area contributed by atoms with Crippen LogP contribution in [0.25, 0.3) is 11.1 Å². The van der Waals surface area contributed by atoms with Crippen LogP contribution in [0.5, 0.6) is 11.5 Å². The Bertz CT molecular complexity index is 715. The van der Waals surface area contributed by atoms with Gasteiger partial charge in [-0.25, -0.2) is 4.39 Å². The molecule has 0 amide bonds. The van der Waals surface area contributed by atoms with Crippen molar-refractivity contribution in [3.8, 4) is 22.6 Å². The zero-order chi connectivity index (χ0) is 16.4. The Morgan fingerprint density at radius 3 is 2.71 bits per heavy atom. The number of nitrogens with two attached hydrogens (primary N) is 1. The molecule has 2 N–H and O–H groups in total. The first-order chi connectivity index (χ1) is 11.1. The van der Waals surface area contributed by atoms with Crippen LogP contribution in [0, 0.1) is 12.7 Å². The number of benzene rings is 2. The summed E-state index contributed by atoms with van der Waals surface area (Å²) in [7, 11) is 0. The minimum atomic E-state index is -0.234. The van der Waals surface area contributed by atoms with Crippen LogP contribution in [0.15, 0.2) is 30.3 Å². The Kier molecular flexibility index (Phi) is 5.84. The first kappa shape index (κ1) is 18.3. The van der Waals surface area contributed by atoms with Gasteiger partial charge in [-0.2, -0.15) is 0 Å². The molecule has 0 radical (unpaired) electrons. The van der Waals surface area contributed by atoms with Gasteiger partial charge in [0.25, 0.3) is 0 Å². The quantitative estimate of drug-likeness (QED) is 0.898. The highest BCUT2D eigenvalue weighted by molar-refractivity contribution is 5.75. The molecule has 0 fully saturated rings. The monoisotopic (exact) mass is 331 g/mol. The van der Waals surface area contributed by atoms with Crippen LogP contribution in [0.4, 0.5) is 4.39 Å². The molecule has 0 bridgehead atoms. The minimum Gasteiger partial charge on any atom is -0.494 e. The van der Waals surface area contributed by atoms with E-state index in [1.807, 2.05) is 32.0 Å².